The molecule has 1 N–H and O–H groups in total. The SMILES string of the molecule is COc1ccc(OC)c(NC(=O)COC(=O)CCSc2ccc(C)cc2)c1. The second-order valence-electron chi connectivity index (χ2n) is 5.69. The molecule has 0 radical (unpaired) electrons. The normalized spacial score (nSPS) is 10.2. The molecule has 0 saturated carbocycles. The lowest BCUT2D eigenvalue weighted by atomic mass is 10.2. The summed E-state index contributed by atoms with van der Waals surface area (Å²) in [6.07, 6.45) is 0.230. The van der Waals surface area contributed by atoms with Gasteiger partial charge in [-0.2, -0.15) is 0 Å². The first-order valence-electron chi connectivity index (χ1n) is 8.39. The number of methoxy groups -OCH3 is 2. The van der Waals surface area contributed by atoms with Crippen LogP contribution in [0.25, 0.3) is 0 Å². The van der Waals surface area contributed by atoms with Gasteiger partial charge in [0.25, 0.3) is 5.91 Å². The molecule has 0 aliphatic rings. The average molecular weight is 389 g/mol. The number of carbonyl (C=O) groups is 2. The van der Waals surface area contributed by atoms with E-state index < -0.39 is 11.9 Å². The van der Waals surface area contributed by atoms with Crippen LogP contribution in [-0.4, -0.2) is 38.5 Å². The first kappa shape index (κ1) is 20.6. The van der Waals surface area contributed by atoms with Gasteiger partial charge in [0, 0.05) is 16.7 Å². The minimum atomic E-state index is -0.443. The van der Waals surface area contributed by atoms with Gasteiger partial charge in [0.05, 0.1) is 26.3 Å². The number of thioether (sulfide) groups is 1. The van der Waals surface area contributed by atoms with Gasteiger partial charge in [0.2, 0.25) is 0 Å². The van der Waals surface area contributed by atoms with E-state index in [9.17, 15) is 9.59 Å². The number of aryl methyl sites for hydroxylation is 1. The lowest BCUT2D eigenvalue weighted by Gasteiger charge is -2.12. The summed E-state index contributed by atoms with van der Waals surface area (Å²) in [6, 6.07) is 13.1. The van der Waals surface area contributed by atoms with Crippen LogP contribution in [0.15, 0.2) is 47.4 Å². The van der Waals surface area contributed by atoms with E-state index in [4.69, 9.17) is 14.2 Å². The van der Waals surface area contributed by atoms with Crippen molar-refractivity contribution in [1.29, 1.82) is 0 Å². The lowest BCUT2D eigenvalue weighted by molar-refractivity contribution is -0.146. The van der Waals surface area contributed by atoms with E-state index in [0.717, 1.165) is 4.90 Å². The summed E-state index contributed by atoms with van der Waals surface area (Å²) in [5.41, 5.74) is 1.64. The Morgan fingerprint density at radius 3 is 2.44 bits per heavy atom. The summed E-state index contributed by atoms with van der Waals surface area (Å²) in [4.78, 5) is 24.9. The van der Waals surface area contributed by atoms with Gasteiger partial charge in [-0.3, -0.25) is 9.59 Å². The highest BCUT2D eigenvalue weighted by Gasteiger charge is 2.12. The van der Waals surface area contributed by atoms with Gasteiger partial charge in [-0.1, -0.05) is 17.7 Å². The largest absolute Gasteiger partial charge is 0.497 e. The van der Waals surface area contributed by atoms with Crippen LogP contribution in [0, 0.1) is 6.92 Å². The molecular weight excluding hydrogens is 366 g/mol. The number of amides is 1. The number of carbonyl (C=O) groups excluding carboxylic acids is 2. The summed E-state index contributed by atoms with van der Waals surface area (Å²) in [7, 11) is 3.03. The number of nitrogens with one attached hydrogen (secondary N) is 1. The molecule has 6 nitrogen and oxygen atoms in total. The van der Waals surface area contributed by atoms with E-state index in [1.54, 1.807) is 30.0 Å². The highest BCUT2D eigenvalue weighted by Crippen LogP contribution is 2.28. The molecule has 1 amide bonds. The fraction of sp³-hybridized carbons (Fsp3) is 0.300. The third kappa shape index (κ3) is 6.86. The standard InChI is InChI=1S/C20H23NO5S/c1-14-4-7-16(8-5-14)27-11-10-20(23)26-13-19(22)21-17-12-15(24-2)6-9-18(17)25-3/h4-9,12H,10-11,13H2,1-3H3,(H,21,22). The van der Waals surface area contributed by atoms with Gasteiger partial charge in [-0.15, -0.1) is 11.8 Å². The third-order valence-corrected chi connectivity index (χ3v) is 4.65. The van der Waals surface area contributed by atoms with Crippen LogP contribution < -0.4 is 14.8 Å². The molecule has 0 spiro atoms. The maximum Gasteiger partial charge on any atom is 0.307 e. The summed E-state index contributed by atoms with van der Waals surface area (Å²) >= 11 is 1.57. The number of rotatable bonds is 9. The Labute approximate surface area is 163 Å². The maximum atomic E-state index is 12.0. The second-order valence-corrected chi connectivity index (χ2v) is 6.85. The first-order valence-corrected chi connectivity index (χ1v) is 9.37. The Bertz CT molecular complexity index is 776. The van der Waals surface area contributed by atoms with Crippen molar-refractivity contribution in [3.8, 4) is 11.5 Å². The van der Waals surface area contributed by atoms with Crippen molar-refractivity contribution in [2.75, 3.05) is 31.9 Å². The van der Waals surface area contributed by atoms with Gasteiger partial charge in [0.15, 0.2) is 6.61 Å². The molecule has 0 heterocycles. The van der Waals surface area contributed by atoms with Crippen molar-refractivity contribution >= 4 is 29.3 Å². The number of benzene rings is 2. The molecule has 2 aromatic rings. The maximum absolute atomic E-state index is 12.0. The Morgan fingerprint density at radius 1 is 1.04 bits per heavy atom. The Hall–Kier alpha value is -2.67. The summed E-state index contributed by atoms with van der Waals surface area (Å²) in [5, 5.41) is 2.65. The van der Waals surface area contributed by atoms with Crippen molar-refractivity contribution in [3.05, 3.63) is 48.0 Å². The summed E-state index contributed by atoms with van der Waals surface area (Å²) in [6.45, 7) is 1.67. The Kier molecular flexibility index (Phi) is 8.00. The molecule has 0 atom stereocenters. The van der Waals surface area contributed by atoms with E-state index in [1.807, 2.05) is 31.2 Å². The van der Waals surface area contributed by atoms with Crippen LogP contribution >= 0.6 is 11.8 Å². The zero-order valence-corrected chi connectivity index (χ0v) is 16.4. The minimum absolute atomic E-state index is 0.230. The molecule has 2 rings (SSSR count). The molecule has 2 aromatic carbocycles. The van der Waals surface area contributed by atoms with Gasteiger partial charge < -0.3 is 19.5 Å². The zero-order chi connectivity index (χ0) is 19.6. The first-order chi connectivity index (χ1) is 13.0. The smallest absolute Gasteiger partial charge is 0.307 e. The van der Waals surface area contributed by atoms with Gasteiger partial charge >= 0.3 is 5.97 Å². The third-order valence-electron chi connectivity index (χ3n) is 3.64. The monoisotopic (exact) mass is 389 g/mol. The van der Waals surface area contributed by atoms with Crippen LogP contribution in [0.3, 0.4) is 0 Å². The fourth-order valence-electron chi connectivity index (χ4n) is 2.20. The zero-order valence-electron chi connectivity index (χ0n) is 15.6. The van der Waals surface area contributed by atoms with Crippen LogP contribution in [0.5, 0.6) is 11.5 Å². The van der Waals surface area contributed by atoms with Crippen molar-refractivity contribution < 1.29 is 23.8 Å². The van der Waals surface area contributed by atoms with E-state index in [0.29, 0.717) is 22.9 Å². The van der Waals surface area contributed by atoms with Crippen LogP contribution in [0.1, 0.15) is 12.0 Å². The topological polar surface area (TPSA) is 73.9 Å². The molecule has 0 saturated heterocycles. The number of ether oxygens (including phenoxy) is 3. The van der Waals surface area contributed by atoms with Crippen molar-refractivity contribution in [2.24, 2.45) is 0 Å². The van der Waals surface area contributed by atoms with E-state index in [2.05, 4.69) is 5.32 Å². The molecule has 0 aromatic heterocycles. The second kappa shape index (κ2) is 10.5. The van der Waals surface area contributed by atoms with Crippen molar-refractivity contribution in [2.45, 2.75) is 18.2 Å². The fourth-order valence-corrected chi connectivity index (χ4v) is 3.04. The highest BCUT2D eigenvalue weighted by molar-refractivity contribution is 7.99. The molecule has 0 aliphatic carbocycles. The highest BCUT2D eigenvalue weighted by atomic mass is 32.2. The molecule has 0 unspecified atom stereocenters. The summed E-state index contributed by atoms with van der Waals surface area (Å²) < 4.78 is 15.3. The van der Waals surface area contributed by atoms with Crippen LogP contribution in [0.2, 0.25) is 0 Å². The summed E-state index contributed by atoms with van der Waals surface area (Å²) in [5.74, 6) is 0.803. The number of hydrogen-bond donors (Lipinski definition) is 1. The quantitative estimate of drug-likeness (QED) is 0.521. The molecule has 27 heavy (non-hydrogen) atoms. The Morgan fingerprint density at radius 2 is 1.78 bits per heavy atom. The average Bonchev–Trinajstić information content (AvgIpc) is 2.68. The predicted molar refractivity (Wildman–Crippen MR) is 106 cm³/mol. The number of esters is 1. The number of anilines is 1. The minimum Gasteiger partial charge on any atom is -0.497 e. The predicted octanol–water partition coefficient (Wildman–Crippen LogP) is 3.68. The molecule has 0 aliphatic heterocycles. The van der Waals surface area contributed by atoms with E-state index in [1.165, 1.54) is 19.8 Å². The van der Waals surface area contributed by atoms with Gasteiger partial charge in [-0.25, -0.2) is 0 Å². The molecular formula is C20H23NO5S. The van der Waals surface area contributed by atoms with Crippen LogP contribution in [0.4, 0.5) is 5.69 Å². The Balaban J connectivity index is 1.74. The molecule has 7 heteroatoms. The van der Waals surface area contributed by atoms with Crippen molar-refractivity contribution in [1.82, 2.24) is 0 Å². The van der Waals surface area contributed by atoms with Gasteiger partial charge in [-0.05, 0) is 31.2 Å². The van der Waals surface area contributed by atoms with Crippen molar-refractivity contribution in [3.63, 3.8) is 0 Å². The molecule has 0 fully saturated rings. The van der Waals surface area contributed by atoms with E-state index in [-0.39, 0.29) is 13.0 Å². The van der Waals surface area contributed by atoms with Gasteiger partial charge in [0.1, 0.15) is 11.5 Å². The van der Waals surface area contributed by atoms with Crippen LogP contribution in [-0.2, 0) is 14.3 Å². The number of hydrogen-bond acceptors (Lipinski definition) is 6. The molecule has 144 valence electrons. The van der Waals surface area contributed by atoms with E-state index >= 15 is 0 Å². The lowest BCUT2D eigenvalue weighted by Crippen LogP contribution is -2.21. The molecule has 0 bridgehead atoms.